The average molecular weight is 272 g/mol. The SMILES string of the molecule is CC(C)=COC=C(C)C.CCCC(O)C(CC)CO. The van der Waals surface area contributed by atoms with Gasteiger partial charge in [0.25, 0.3) is 0 Å². The lowest BCUT2D eigenvalue weighted by molar-refractivity contribution is 0.0584. The molecule has 2 unspecified atom stereocenters. The lowest BCUT2D eigenvalue weighted by atomic mass is 9.97. The van der Waals surface area contributed by atoms with Crippen LogP contribution in [0.25, 0.3) is 0 Å². The molecule has 0 saturated carbocycles. The van der Waals surface area contributed by atoms with Gasteiger partial charge < -0.3 is 14.9 Å². The molecule has 0 amide bonds. The van der Waals surface area contributed by atoms with Gasteiger partial charge in [-0.05, 0) is 51.7 Å². The van der Waals surface area contributed by atoms with Crippen LogP contribution in [0.4, 0.5) is 0 Å². The average Bonchev–Trinajstić information content (AvgIpc) is 2.30. The van der Waals surface area contributed by atoms with Gasteiger partial charge in [-0.15, -0.1) is 0 Å². The minimum Gasteiger partial charge on any atom is -0.473 e. The molecule has 0 aliphatic heterocycles. The number of ether oxygens (including phenoxy) is 1. The van der Waals surface area contributed by atoms with Crippen LogP contribution in [0, 0.1) is 5.92 Å². The zero-order chi connectivity index (χ0) is 15.3. The molecule has 0 saturated heterocycles. The Labute approximate surface area is 119 Å². The number of hydrogen-bond donors (Lipinski definition) is 2. The first-order chi connectivity index (χ1) is 8.88. The summed E-state index contributed by atoms with van der Waals surface area (Å²) in [7, 11) is 0. The van der Waals surface area contributed by atoms with Crippen molar-refractivity contribution >= 4 is 0 Å². The molecule has 0 rings (SSSR count). The van der Waals surface area contributed by atoms with E-state index < -0.39 is 0 Å². The topological polar surface area (TPSA) is 49.7 Å². The highest BCUT2D eigenvalue weighted by Gasteiger charge is 2.14. The van der Waals surface area contributed by atoms with Gasteiger partial charge in [0.2, 0.25) is 0 Å². The van der Waals surface area contributed by atoms with Crippen molar-refractivity contribution in [3.8, 4) is 0 Å². The van der Waals surface area contributed by atoms with E-state index in [1.807, 2.05) is 41.5 Å². The van der Waals surface area contributed by atoms with Gasteiger partial charge in [0, 0.05) is 12.5 Å². The molecule has 3 nitrogen and oxygen atoms in total. The van der Waals surface area contributed by atoms with Crippen LogP contribution >= 0.6 is 0 Å². The molecule has 19 heavy (non-hydrogen) atoms. The first-order valence-corrected chi connectivity index (χ1v) is 7.10. The first kappa shape index (κ1) is 20.5. The highest BCUT2D eigenvalue weighted by Crippen LogP contribution is 2.12. The Balaban J connectivity index is 0. The maximum Gasteiger partial charge on any atom is 0.0887 e. The third-order valence-corrected chi connectivity index (χ3v) is 2.49. The number of aliphatic hydroxyl groups is 2. The molecule has 2 N–H and O–H groups in total. The van der Waals surface area contributed by atoms with E-state index in [-0.39, 0.29) is 18.6 Å². The molecule has 0 aromatic rings. The van der Waals surface area contributed by atoms with Gasteiger partial charge in [-0.1, -0.05) is 20.3 Å². The highest BCUT2D eigenvalue weighted by molar-refractivity contribution is 4.92. The van der Waals surface area contributed by atoms with E-state index in [0.717, 1.165) is 19.3 Å². The normalized spacial score (nSPS) is 12.6. The van der Waals surface area contributed by atoms with Crippen LogP contribution in [0.5, 0.6) is 0 Å². The van der Waals surface area contributed by atoms with E-state index >= 15 is 0 Å². The molecular formula is C16H32O3. The molecule has 0 fully saturated rings. The smallest absolute Gasteiger partial charge is 0.0887 e. The summed E-state index contributed by atoms with van der Waals surface area (Å²) in [4.78, 5) is 0. The Morgan fingerprint density at radius 2 is 1.53 bits per heavy atom. The van der Waals surface area contributed by atoms with Gasteiger partial charge >= 0.3 is 0 Å². The van der Waals surface area contributed by atoms with Crippen molar-refractivity contribution in [2.45, 2.75) is 66.9 Å². The van der Waals surface area contributed by atoms with Gasteiger partial charge in [-0.2, -0.15) is 0 Å². The second-order valence-corrected chi connectivity index (χ2v) is 5.23. The predicted octanol–water partition coefficient (Wildman–Crippen LogP) is 4.02. The number of allylic oxidation sites excluding steroid dienone is 2. The van der Waals surface area contributed by atoms with Crippen molar-refractivity contribution in [2.24, 2.45) is 5.92 Å². The predicted molar refractivity (Wildman–Crippen MR) is 81.7 cm³/mol. The molecule has 0 aromatic heterocycles. The van der Waals surface area contributed by atoms with Crippen LogP contribution in [0.1, 0.15) is 60.8 Å². The monoisotopic (exact) mass is 272 g/mol. The lowest BCUT2D eigenvalue weighted by Crippen LogP contribution is -2.22. The van der Waals surface area contributed by atoms with Crippen molar-refractivity contribution in [1.82, 2.24) is 0 Å². The minimum absolute atomic E-state index is 0.0833. The number of rotatable bonds is 7. The quantitative estimate of drug-likeness (QED) is 0.688. The fourth-order valence-corrected chi connectivity index (χ4v) is 1.36. The lowest BCUT2D eigenvalue weighted by Gasteiger charge is -2.17. The summed E-state index contributed by atoms with van der Waals surface area (Å²) in [5.74, 6) is 0.0833. The number of hydrogen-bond acceptors (Lipinski definition) is 3. The third-order valence-electron chi connectivity index (χ3n) is 2.49. The van der Waals surface area contributed by atoms with Crippen molar-refractivity contribution < 1.29 is 14.9 Å². The molecule has 0 spiro atoms. The Morgan fingerprint density at radius 3 is 1.79 bits per heavy atom. The van der Waals surface area contributed by atoms with E-state index in [1.165, 1.54) is 11.1 Å². The van der Waals surface area contributed by atoms with Gasteiger partial charge in [-0.25, -0.2) is 0 Å². The molecule has 0 aromatic carbocycles. The molecule has 0 heterocycles. The Bertz CT molecular complexity index is 229. The minimum atomic E-state index is -0.306. The summed E-state index contributed by atoms with van der Waals surface area (Å²) in [5, 5.41) is 18.1. The molecule has 2 atom stereocenters. The van der Waals surface area contributed by atoms with Crippen molar-refractivity contribution in [3.63, 3.8) is 0 Å². The first-order valence-electron chi connectivity index (χ1n) is 7.10. The molecule has 114 valence electrons. The second-order valence-electron chi connectivity index (χ2n) is 5.23. The van der Waals surface area contributed by atoms with Gasteiger partial charge in [-0.3, -0.25) is 0 Å². The van der Waals surface area contributed by atoms with Crippen LogP contribution in [-0.2, 0) is 4.74 Å². The summed E-state index contributed by atoms with van der Waals surface area (Å²) in [6.45, 7) is 12.1. The summed E-state index contributed by atoms with van der Waals surface area (Å²) in [6, 6.07) is 0. The molecule has 0 aliphatic rings. The van der Waals surface area contributed by atoms with Crippen molar-refractivity contribution in [3.05, 3.63) is 23.7 Å². The number of aliphatic hydroxyl groups excluding tert-OH is 2. The zero-order valence-corrected chi connectivity index (χ0v) is 13.4. The van der Waals surface area contributed by atoms with E-state index in [0.29, 0.717) is 0 Å². The van der Waals surface area contributed by atoms with Crippen LogP contribution in [0.15, 0.2) is 23.7 Å². The molecule has 0 bridgehead atoms. The van der Waals surface area contributed by atoms with Gasteiger partial charge in [0.05, 0.1) is 18.6 Å². The Hall–Kier alpha value is -0.800. The van der Waals surface area contributed by atoms with Crippen LogP contribution in [0.3, 0.4) is 0 Å². The largest absolute Gasteiger partial charge is 0.473 e. The summed E-state index contributed by atoms with van der Waals surface area (Å²) in [5.41, 5.74) is 2.35. The summed E-state index contributed by atoms with van der Waals surface area (Å²) in [6.07, 6.45) is 5.80. The Kier molecular flexibility index (Phi) is 14.7. The van der Waals surface area contributed by atoms with Crippen LogP contribution in [-0.4, -0.2) is 22.9 Å². The maximum absolute atomic E-state index is 9.35. The fourth-order valence-electron chi connectivity index (χ4n) is 1.36. The van der Waals surface area contributed by atoms with Crippen LogP contribution < -0.4 is 0 Å². The van der Waals surface area contributed by atoms with Crippen molar-refractivity contribution in [2.75, 3.05) is 6.61 Å². The Morgan fingerprint density at radius 1 is 1.05 bits per heavy atom. The highest BCUT2D eigenvalue weighted by atomic mass is 16.5. The van der Waals surface area contributed by atoms with Crippen molar-refractivity contribution in [1.29, 1.82) is 0 Å². The van der Waals surface area contributed by atoms with E-state index in [1.54, 1.807) is 12.5 Å². The molecule has 0 aliphatic carbocycles. The second kappa shape index (κ2) is 13.6. The molecule has 0 radical (unpaired) electrons. The fraction of sp³-hybridized carbons (Fsp3) is 0.750. The standard InChI is InChI=1S/C8H18O2.C8H14O/c1-3-5-8(10)7(4-2)6-9;1-7(2)5-9-6-8(3)4/h7-10H,3-6H2,1-2H3;5-6H,1-4H3. The van der Waals surface area contributed by atoms with E-state index in [2.05, 4.69) is 0 Å². The van der Waals surface area contributed by atoms with Crippen LogP contribution in [0.2, 0.25) is 0 Å². The van der Waals surface area contributed by atoms with E-state index in [4.69, 9.17) is 9.84 Å². The molecule has 3 heteroatoms. The summed E-state index contributed by atoms with van der Waals surface area (Å²) < 4.78 is 5.03. The molecular weight excluding hydrogens is 240 g/mol. The zero-order valence-electron chi connectivity index (χ0n) is 13.4. The van der Waals surface area contributed by atoms with Gasteiger partial charge in [0.1, 0.15) is 0 Å². The van der Waals surface area contributed by atoms with E-state index in [9.17, 15) is 5.11 Å². The summed E-state index contributed by atoms with van der Waals surface area (Å²) >= 11 is 0. The maximum atomic E-state index is 9.35. The third kappa shape index (κ3) is 15.1. The van der Waals surface area contributed by atoms with Gasteiger partial charge in [0.15, 0.2) is 0 Å².